The lowest BCUT2D eigenvalue weighted by atomic mass is 10.1. The van der Waals surface area contributed by atoms with Gasteiger partial charge in [-0.2, -0.15) is 0 Å². The van der Waals surface area contributed by atoms with Crippen molar-refractivity contribution in [2.45, 2.75) is 13.5 Å². The first-order chi connectivity index (χ1) is 10.7. The van der Waals surface area contributed by atoms with Gasteiger partial charge >= 0.3 is 0 Å². The minimum Gasteiger partial charge on any atom is -0.296 e. The van der Waals surface area contributed by atoms with E-state index in [1.54, 1.807) is 16.8 Å². The van der Waals surface area contributed by atoms with Crippen LogP contribution in [0, 0.1) is 12.7 Å². The lowest BCUT2D eigenvalue weighted by Crippen LogP contribution is -2.04. The first-order valence-corrected chi connectivity index (χ1v) is 6.87. The highest BCUT2D eigenvalue weighted by Gasteiger charge is 2.15. The molecule has 0 fully saturated rings. The van der Waals surface area contributed by atoms with Gasteiger partial charge < -0.3 is 0 Å². The van der Waals surface area contributed by atoms with E-state index in [4.69, 9.17) is 0 Å². The number of halogens is 1. The first kappa shape index (κ1) is 14.1. The summed E-state index contributed by atoms with van der Waals surface area (Å²) in [6.45, 7) is 2.48. The fourth-order valence-electron chi connectivity index (χ4n) is 2.32. The van der Waals surface area contributed by atoms with Crippen LogP contribution >= 0.6 is 0 Å². The fraction of sp³-hybridized carbons (Fsp3) is 0.118. The van der Waals surface area contributed by atoms with Crippen molar-refractivity contribution in [2.75, 3.05) is 0 Å². The molecule has 0 unspecified atom stereocenters. The number of benzene rings is 2. The van der Waals surface area contributed by atoms with Crippen LogP contribution in [0.4, 0.5) is 4.39 Å². The van der Waals surface area contributed by atoms with Crippen molar-refractivity contribution >= 4 is 6.29 Å². The minimum absolute atomic E-state index is 0.206. The number of aldehydes is 1. The largest absolute Gasteiger partial charge is 0.296 e. The Hall–Kier alpha value is -2.82. The van der Waals surface area contributed by atoms with Crippen LogP contribution in [0.5, 0.6) is 0 Å². The van der Waals surface area contributed by atoms with E-state index in [2.05, 4.69) is 10.3 Å². The van der Waals surface area contributed by atoms with Crippen molar-refractivity contribution < 1.29 is 9.18 Å². The third-order valence-corrected chi connectivity index (χ3v) is 3.42. The molecule has 2 aromatic carbocycles. The van der Waals surface area contributed by atoms with Crippen LogP contribution in [0.3, 0.4) is 0 Å². The standard InChI is InChI=1S/C17H14FN3O/c1-12-5-7-13(8-6-12)10-21-17(16(11-22)19-20-21)14-3-2-4-15(18)9-14/h2-9,11H,10H2,1H3. The smallest absolute Gasteiger partial charge is 0.172 e. The van der Waals surface area contributed by atoms with Crippen LogP contribution in [0.25, 0.3) is 11.3 Å². The third kappa shape index (κ3) is 2.79. The molecule has 0 N–H and O–H groups in total. The number of carbonyl (C=O) groups is 1. The molecule has 1 heterocycles. The molecule has 0 atom stereocenters. The molecule has 0 amide bonds. The van der Waals surface area contributed by atoms with Gasteiger partial charge in [-0.05, 0) is 24.6 Å². The summed E-state index contributed by atoms with van der Waals surface area (Å²) in [7, 11) is 0. The zero-order chi connectivity index (χ0) is 15.5. The van der Waals surface area contributed by atoms with E-state index in [0.29, 0.717) is 24.1 Å². The van der Waals surface area contributed by atoms with Crippen molar-refractivity contribution in [1.82, 2.24) is 15.0 Å². The van der Waals surface area contributed by atoms with Crippen molar-refractivity contribution in [1.29, 1.82) is 0 Å². The van der Waals surface area contributed by atoms with Crippen LogP contribution in [0.15, 0.2) is 48.5 Å². The number of hydrogen-bond donors (Lipinski definition) is 0. The highest BCUT2D eigenvalue weighted by Crippen LogP contribution is 2.23. The second-order valence-electron chi connectivity index (χ2n) is 5.09. The molecule has 0 aliphatic carbocycles. The molecular weight excluding hydrogens is 281 g/mol. The van der Waals surface area contributed by atoms with Crippen LogP contribution in [-0.4, -0.2) is 21.3 Å². The minimum atomic E-state index is -0.363. The zero-order valence-corrected chi connectivity index (χ0v) is 12.0. The van der Waals surface area contributed by atoms with Gasteiger partial charge in [-0.25, -0.2) is 9.07 Å². The Morgan fingerprint density at radius 2 is 1.95 bits per heavy atom. The average Bonchev–Trinajstić information content (AvgIpc) is 2.92. The molecule has 3 rings (SSSR count). The summed E-state index contributed by atoms with van der Waals surface area (Å²) >= 11 is 0. The van der Waals surface area contributed by atoms with Gasteiger partial charge in [0.1, 0.15) is 5.82 Å². The van der Waals surface area contributed by atoms with Crippen molar-refractivity contribution in [3.63, 3.8) is 0 Å². The van der Waals surface area contributed by atoms with E-state index in [1.807, 2.05) is 31.2 Å². The molecular formula is C17H14FN3O. The summed E-state index contributed by atoms with van der Waals surface area (Å²) in [5.74, 6) is -0.363. The number of rotatable bonds is 4. The molecule has 0 aliphatic rings. The average molecular weight is 295 g/mol. The van der Waals surface area contributed by atoms with Gasteiger partial charge in [0.2, 0.25) is 0 Å². The molecule has 110 valence electrons. The molecule has 4 nitrogen and oxygen atoms in total. The summed E-state index contributed by atoms with van der Waals surface area (Å²) in [4.78, 5) is 11.2. The van der Waals surface area contributed by atoms with E-state index >= 15 is 0 Å². The summed E-state index contributed by atoms with van der Waals surface area (Å²) in [5.41, 5.74) is 3.51. The Morgan fingerprint density at radius 3 is 2.64 bits per heavy atom. The fourth-order valence-corrected chi connectivity index (χ4v) is 2.32. The van der Waals surface area contributed by atoms with Crippen molar-refractivity contribution in [2.24, 2.45) is 0 Å². The molecule has 1 aromatic heterocycles. The van der Waals surface area contributed by atoms with Crippen LogP contribution in [-0.2, 0) is 6.54 Å². The van der Waals surface area contributed by atoms with Crippen molar-refractivity contribution in [3.05, 3.63) is 71.2 Å². The molecule has 0 radical (unpaired) electrons. The Kier molecular flexibility index (Phi) is 3.78. The number of nitrogens with zero attached hydrogens (tertiary/aromatic N) is 3. The second-order valence-corrected chi connectivity index (χ2v) is 5.09. The Labute approximate surface area is 127 Å². The first-order valence-electron chi connectivity index (χ1n) is 6.87. The highest BCUT2D eigenvalue weighted by atomic mass is 19.1. The summed E-state index contributed by atoms with van der Waals surface area (Å²) in [5, 5.41) is 7.90. The number of carbonyl (C=O) groups excluding carboxylic acids is 1. The van der Waals surface area contributed by atoms with Gasteiger partial charge in [0.15, 0.2) is 12.0 Å². The predicted molar refractivity (Wildman–Crippen MR) is 81.1 cm³/mol. The molecule has 0 bridgehead atoms. The zero-order valence-electron chi connectivity index (χ0n) is 12.0. The monoisotopic (exact) mass is 295 g/mol. The lowest BCUT2D eigenvalue weighted by Gasteiger charge is -2.08. The number of hydrogen-bond acceptors (Lipinski definition) is 3. The normalized spacial score (nSPS) is 10.6. The van der Waals surface area contributed by atoms with Gasteiger partial charge in [-0.1, -0.05) is 47.2 Å². The predicted octanol–water partition coefficient (Wildman–Crippen LogP) is 3.25. The van der Waals surface area contributed by atoms with Gasteiger partial charge in [0, 0.05) is 5.56 Å². The van der Waals surface area contributed by atoms with E-state index in [9.17, 15) is 9.18 Å². The van der Waals surface area contributed by atoms with Gasteiger partial charge in [0.25, 0.3) is 0 Å². The molecule has 5 heteroatoms. The molecule has 0 saturated heterocycles. The number of aromatic nitrogens is 3. The van der Waals surface area contributed by atoms with Crippen LogP contribution < -0.4 is 0 Å². The third-order valence-electron chi connectivity index (χ3n) is 3.42. The maximum Gasteiger partial charge on any atom is 0.172 e. The lowest BCUT2D eigenvalue weighted by molar-refractivity contribution is 0.111. The maximum absolute atomic E-state index is 13.5. The topological polar surface area (TPSA) is 47.8 Å². The Balaban J connectivity index is 2.03. The SMILES string of the molecule is Cc1ccc(Cn2nnc(C=O)c2-c2cccc(F)c2)cc1. The molecule has 0 saturated carbocycles. The van der Waals surface area contributed by atoms with Gasteiger partial charge in [-0.3, -0.25) is 4.79 Å². The quantitative estimate of drug-likeness (QED) is 0.694. The summed E-state index contributed by atoms with van der Waals surface area (Å²) < 4.78 is 15.1. The molecule has 3 aromatic rings. The summed E-state index contributed by atoms with van der Waals surface area (Å²) in [6, 6.07) is 14.1. The van der Waals surface area contributed by atoms with Crippen LogP contribution in [0.2, 0.25) is 0 Å². The maximum atomic E-state index is 13.5. The second kappa shape index (κ2) is 5.89. The Bertz CT molecular complexity index is 809. The van der Waals surface area contributed by atoms with E-state index in [-0.39, 0.29) is 11.5 Å². The van der Waals surface area contributed by atoms with Gasteiger partial charge in [0.05, 0.1) is 12.2 Å². The molecule has 0 spiro atoms. The highest BCUT2D eigenvalue weighted by molar-refractivity contribution is 5.83. The summed E-state index contributed by atoms with van der Waals surface area (Å²) in [6.07, 6.45) is 0.638. The van der Waals surface area contributed by atoms with E-state index in [0.717, 1.165) is 5.56 Å². The number of aryl methyl sites for hydroxylation is 1. The van der Waals surface area contributed by atoms with Gasteiger partial charge in [-0.15, -0.1) is 5.10 Å². The Morgan fingerprint density at radius 1 is 1.18 bits per heavy atom. The van der Waals surface area contributed by atoms with Crippen molar-refractivity contribution in [3.8, 4) is 11.3 Å². The molecule has 0 aliphatic heterocycles. The van der Waals surface area contributed by atoms with E-state index in [1.165, 1.54) is 17.7 Å². The van der Waals surface area contributed by atoms with Crippen LogP contribution in [0.1, 0.15) is 21.6 Å². The van der Waals surface area contributed by atoms with E-state index < -0.39 is 0 Å². The molecule has 22 heavy (non-hydrogen) atoms.